The van der Waals surface area contributed by atoms with Gasteiger partial charge in [0.1, 0.15) is 0 Å². The Labute approximate surface area is 165 Å². The average Bonchev–Trinajstić information content (AvgIpc) is 3.10. The van der Waals surface area contributed by atoms with Crippen LogP contribution in [0.25, 0.3) is 0 Å². The van der Waals surface area contributed by atoms with Crippen molar-refractivity contribution in [2.75, 3.05) is 38.2 Å². The van der Waals surface area contributed by atoms with Gasteiger partial charge < -0.3 is 20.3 Å². The molecule has 0 aliphatic carbocycles. The van der Waals surface area contributed by atoms with Crippen LogP contribution in [0.15, 0.2) is 22.5 Å². The van der Waals surface area contributed by atoms with Gasteiger partial charge in [-0.2, -0.15) is 0 Å². The number of nitrogens with zero attached hydrogens (tertiary/aromatic N) is 2. The van der Waals surface area contributed by atoms with E-state index in [1.165, 1.54) is 12.1 Å². The van der Waals surface area contributed by atoms with Crippen LogP contribution in [0.1, 0.15) is 26.2 Å². The molecule has 0 atom stereocenters. The minimum Gasteiger partial charge on any atom is -0.469 e. The highest BCUT2D eigenvalue weighted by atomic mass is 127. The SMILES string of the molecule is CCNC(=NCCC(=O)OC)NC1CCN(c2cccs2)CC1.I. The second kappa shape index (κ2) is 11.5. The molecule has 1 aromatic rings. The van der Waals surface area contributed by atoms with E-state index in [2.05, 4.69) is 42.8 Å². The van der Waals surface area contributed by atoms with Gasteiger partial charge in [-0.25, -0.2) is 0 Å². The first-order valence-corrected chi connectivity index (χ1v) is 9.01. The molecule has 0 aromatic carbocycles. The molecule has 2 heterocycles. The Kier molecular flexibility index (Phi) is 10.1. The van der Waals surface area contributed by atoms with Crippen LogP contribution in [0.5, 0.6) is 0 Å². The Bertz CT molecular complexity index is 502. The Morgan fingerprint density at radius 2 is 2.21 bits per heavy atom. The average molecular weight is 466 g/mol. The van der Waals surface area contributed by atoms with Crippen molar-refractivity contribution in [1.82, 2.24) is 10.6 Å². The molecule has 0 unspecified atom stereocenters. The summed E-state index contributed by atoms with van der Waals surface area (Å²) in [4.78, 5) is 18.0. The summed E-state index contributed by atoms with van der Waals surface area (Å²) in [6, 6.07) is 4.69. The molecule has 8 heteroatoms. The lowest BCUT2D eigenvalue weighted by atomic mass is 10.1. The molecule has 1 aliphatic heterocycles. The van der Waals surface area contributed by atoms with Gasteiger partial charge in [0.15, 0.2) is 5.96 Å². The van der Waals surface area contributed by atoms with Gasteiger partial charge in [0, 0.05) is 25.7 Å². The van der Waals surface area contributed by atoms with E-state index in [4.69, 9.17) is 0 Å². The van der Waals surface area contributed by atoms with Crippen LogP contribution in [-0.4, -0.2) is 51.3 Å². The number of anilines is 1. The molecule has 136 valence electrons. The number of carbonyl (C=O) groups is 1. The molecule has 6 nitrogen and oxygen atoms in total. The van der Waals surface area contributed by atoms with Gasteiger partial charge in [-0.3, -0.25) is 9.79 Å². The van der Waals surface area contributed by atoms with E-state index in [0.29, 0.717) is 19.0 Å². The molecule has 0 amide bonds. The fraction of sp³-hybridized carbons (Fsp3) is 0.625. The van der Waals surface area contributed by atoms with Gasteiger partial charge >= 0.3 is 5.97 Å². The number of ether oxygens (including phenoxy) is 1. The predicted octanol–water partition coefficient (Wildman–Crippen LogP) is 2.45. The van der Waals surface area contributed by atoms with Crippen LogP contribution in [0.4, 0.5) is 5.00 Å². The summed E-state index contributed by atoms with van der Waals surface area (Å²) in [5, 5.41) is 10.2. The maximum atomic E-state index is 11.2. The first-order chi connectivity index (χ1) is 11.2. The zero-order chi connectivity index (χ0) is 16.5. The number of carbonyl (C=O) groups excluding carboxylic acids is 1. The molecule has 2 N–H and O–H groups in total. The largest absolute Gasteiger partial charge is 0.469 e. The van der Waals surface area contributed by atoms with E-state index in [9.17, 15) is 4.79 Å². The van der Waals surface area contributed by atoms with Gasteiger partial charge in [-0.1, -0.05) is 0 Å². The maximum absolute atomic E-state index is 11.2. The van der Waals surface area contributed by atoms with Gasteiger partial charge in [0.25, 0.3) is 0 Å². The minimum atomic E-state index is -0.228. The lowest BCUT2D eigenvalue weighted by Gasteiger charge is -2.33. The highest BCUT2D eigenvalue weighted by Gasteiger charge is 2.20. The summed E-state index contributed by atoms with van der Waals surface area (Å²) in [5.41, 5.74) is 0. The first-order valence-electron chi connectivity index (χ1n) is 8.13. The van der Waals surface area contributed by atoms with Crippen molar-refractivity contribution in [3.63, 3.8) is 0 Å². The van der Waals surface area contributed by atoms with Crippen molar-refractivity contribution in [1.29, 1.82) is 0 Å². The molecule has 0 bridgehead atoms. The van der Waals surface area contributed by atoms with Crippen LogP contribution in [-0.2, 0) is 9.53 Å². The quantitative estimate of drug-likeness (QED) is 0.292. The topological polar surface area (TPSA) is 66.0 Å². The standard InChI is InChI=1S/C16H26N4O2S.HI/c1-3-17-16(18-9-6-15(21)22-2)19-13-7-10-20(11-8-13)14-5-4-12-23-14;/h4-5,12-13H,3,6-11H2,1-2H3,(H2,17,18,19);1H. The van der Waals surface area contributed by atoms with Crippen LogP contribution < -0.4 is 15.5 Å². The highest BCUT2D eigenvalue weighted by molar-refractivity contribution is 14.0. The number of hydrogen-bond acceptors (Lipinski definition) is 5. The van der Waals surface area contributed by atoms with Gasteiger partial charge in [-0.05, 0) is 37.3 Å². The molecular formula is C16H27IN4O2S. The normalized spacial score (nSPS) is 15.6. The first kappa shape index (κ1) is 21.0. The van der Waals surface area contributed by atoms with Crippen molar-refractivity contribution in [2.45, 2.75) is 32.2 Å². The third kappa shape index (κ3) is 6.84. The van der Waals surface area contributed by atoms with E-state index < -0.39 is 0 Å². The smallest absolute Gasteiger partial charge is 0.307 e. The number of thiophene rings is 1. The molecule has 1 aliphatic rings. The van der Waals surface area contributed by atoms with Crippen LogP contribution in [0, 0.1) is 0 Å². The molecule has 2 rings (SSSR count). The number of aliphatic imine (C=N–C) groups is 1. The van der Waals surface area contributed by atoms with Crippen LogP contribution in [0.2, 0.25) is 0 Å². The maximum Gasteiger partial charge on any atom is 0.307 e. The molecule has 1 aromatic heterocycles. The molecule has 1 fully saturated rings. The van der Waals surface area contributed by atoms with E-state index in [1.54, 1.807) is 11.3 Å². The molecule has 0 radical (unpaired) electrons. The van der Waals surface area contributed by atoms with E-state index in [0.717, 1.165) is 38.4 Å². The van der Waals surface area contributed by atoms with Gasteiger partial charge in [-0.15, -0.1) is 35.3 Å². The molecule has 24 heavy (non-hydrogen) atoms. The fourth-order valence-corrected chi connectivity index (χ4v) is 3.35. The second-order valence-corrected chi connectivity index (χ2v) is 6.37. The van der Waals surface area contributed by atoms with E-state index >= 15 is 0 Å². The number of esters is 1. The zero-order valence-electron chi connectivity index (χ0n) is 14.3. The van der Waals surface area contributed by atoms with Gasteiger partial charge in [0.2, 0.25) is 0 Å². The van der Waals surface area contributed by atoms with E-state index in [1.807, 2.05) is 6.92 Å². The number of hydrogen-bond donors (Lipinski definition) is 2. The van der Waals surface area contributed by atoms with Crippen LogP contribution >= 0.6 is 35.3 Å². The van der Waals surface area contributed by atoms with Gasteiger partial charge in [0.05, 0.1) is 25.1 Å². The Hall–Kier alpha value is -1.03. The monoisotopic (exact) mass is 466 g/mol. The number of methoxy groups -OCH3 is 1. The zero-order valence-corrected chi connectivity index (χ0v) is 17.4. The summed E-state index contributed by atoms with van der Waals surface area (Å²) < 4.78 is 4.64. The summed E-state index contributed by atoms with van der Waals surface area (Å²) in [7, 11) is 1.40. The number of piperidine rings is 1. The minimum absolute atomic E-state index is 0. The molecular weight excluding hydrogens is 439 g/mol. The number of halogens is 1. The summed E-state index contributed by atoms with van der Waals surface area (Å²) in [6.45, 7) is 5.39. The lowest BCUT2D eigenvalue weighted by molar-refractivity contribution is -0.140. The predicted molar refractivity (Wildman–Crippen MR) is 111 cm³/mol. The fourth-order valence-electron chi connectivity index (χ4n) is 2.57. The number of nitrogens with one attached hydrogen (secondary N) is 2. The summed E-state index contributed by atoms with van der Waals surface area (Å²) in [6.07, 6.45) is 2.47. The third-order valence-electron chi connectivity index (χ3n) is 3.81. The molecule has 0 saturated carbocycles. The van der Waals surface area contributed by atoms with E-state index in [-0.39, 0.29) is 29.9 Å². The summed E-state index contributed by atoms with van der Waals surface area (Å²) in [5.74, 6) is 0.555. The highest BCUT2D eigenvalue weighted by Crippen LogP contribution is 2.24. The van der Waals surface area contributed by atoms with Crippen molar-refractivity contribution in [3.8, 4) is 0 Å². The molecule has 1 saturated heterocycles. The van der Waals surface area contributed by atoms with Crippen molar-refractivity contribution in [3.05, 3.63) is 17.5 Å². The Morgan fingerprint density at radius 3 is 2.79 bits per heavy atom. The van der Waals surface area contributed by atoms with Crippen molar-refractivity contribution >= 4 is 52.2 Å². The Balaban J connectivity index is 0.00000288. The second-order valence-electron chi connectivity index (χ2n) is 5.44. The summed E-state index contributed by atoms with van der Waals surface area (Å²) >= 11 is 1.79. The Morgan fingerprint density at radius 1 is 1.46 bits per heavy atom. The lowest BCUT2D eigenvalue weighted by Crippen LogP contribution is -2.48. The number of rotatable bonds is 6. The van der Waals surface area contributed by atoms with Crippen molar-refractivity contribution < 1.29 is 9.53 Å². The third-order valence-corrected chi connectivity index (χ3v) is 4.74. The van der Waals surface area contributed by atoms with Crippen molar-refractivity contribution in [2.24, 2.45) is 4.99 Å². The molecule has 0 spiro atoms. The number of guanidine groups is 1. The van der Waals surface area contributed by atoms with Crippen LogP contribution in [0.3, 0.4) is 0 Å².